The lowest BCUT2D eigenvalue weighted by Gasteiger charge is -2.35. The molecule has 1 saturated heterocycles. The highest BCUT2D eigenvalue weighted by Crippen LogP contribution is 2.39. The van der Waals surface area contributed by atoms with E-state index in [1.165, 1.54) is 12.1 Å². The minimum atomic E-state index is -4.31. The van der Waals surface area contributed by atoms with Crippen LogP contribution in [0.25, 0.3) is 5.65 Å². The van der Waals surface area contributed by atoms with E-state index in [4.69, 9.17) is 0 Å². The van der Waals surface area contributed by atoms with Crippen LogP contribution in [0.1, 0.15) is 35.7 Å². The van der Waals surface area contributed by atoms with Gasteiger partial charge < -0.3 is 4.90 Å². The van der Waals surface area contributed by atoms with Crippen molar-refractivity contribution in [3.8, 4) is 0 Å². The van der Waals surface area contributed by atoms with Crippen molar-refractivity contribution < 1.29 is 13.2 Å². The molecule has 1 aliphatic carbocycles. The van der Waals surface area contributed by atoms with Gasteiger partial charge in [-0.05, 0) is 24.5 Å². The molecule has 29 heavy (non-hydrogen) atoms. The SMILES string of the molecule is FC(F)(F)c1cccc(CN2CCN(c3nccn4c(C5CC5)nnc34)CC2)c1. The van der Waals surface area contributed by atoms with E-state index in [1.54, 1.807) is 12.3 Å². The average Bonchev–Trinajstić information content (AvgIpc) is 3.46. The van der Waals surface area contributed by atoms with Crippen LogP contribution in [0.3, 0.4) is 0 Å². The summed E-state index contributed by atoms with van der Waals surface area (Å²) >= 11 is 0. The number of benzene rings is 1. The molecule has 152 valence electrons. The van der Waals surface area contributed by atoms with Gasteiger partial charge in [0.25, 0.3) is 0 Å². The van der Waals surface area contributed by atoms with E-state index in [0.29, 0.717) is 18.0 Å². The van der Waals surface area contributed by atoms with Crippen LogP contribution in [0.15, 0.2) is 36.7 Å². The van der Waals surface area contributed by atoms with E-state index in [1.807, 2.05) is 10.6 Å². The first-order valence-electron chi connectivity index (χ1n) is 9.82. The topological polar surface area (TPSA) is 49.6 Å². The molecule has 0 amide bonds. The summed E-state index contributed by atoms with van der Waals surface area (Å²) in [6.07, 6.45) is 1.71. The van der Waals surface area contributed by atoms with Crippen LogP contribution < -0.4 is 4.90 Å². The van der Waals surface area contributed by atoms with E-state index in [0.717, 1.165) is 62.4 Å². The molecule has 0 radical (unpaired) electrons. The molecular formula is C20H21F3N6. The smallest absolute Gasteiger partial charge is 0.351 e. The Labute approximate surface area is 166 Å². The molecule has 1 aromatic carbocycles. The van der Waals surface area contributed by atoms with Crippen molar-refractivity contribution in [3.63, 3.8) is 0 Å². The lowest BCUT2D eigenvalue weighted by atomic mass is 10.1. The largest absolute Gasteiger partial charge is 0.416 e. The Kier molecular flexibility index (Phi) is 4.42. The van der Waals surface area contributed by atoms with Gasteiger partial charge in [-0.3, -0.25) is 9.30 Å². The fourth-order valence-electron chi connectivity index (χ4n) is 3.90. The van der Waals surface area contributed by atoms with Gasteiger partial charge in [0.2, 0.25) is 5.65 Å². The number of hydrogen-bond donors (Lipinski definition) is 0. The van der Waals surface area contributed by atoms with Gasteiger partial charge in [-0.15, -0.1) is 10.2 Å². The second-order valence-electron chi connectivity index (χ2n) is 7.74. The van der Waals surface area contributed by atoms with Crippen molar-refractivity contribution in [2.24, 2.45) is 0 Å². The summed E-state index contributed by atoms with van der Waals surface area (Å²) in [6, 6.07) is 5.58. The van der Waals surface area contributed by atoms with Gasteiger partial charge in [0.15, 0.2) is 5.82 Å². The quantitative estimate of drug-likeness (QED) is 0.670. The summed E-state index contributed by atoms with van der Waals surface area (Å²) in [6.45, 7) is 3.51. The molecule has 2 aliphatic rings. The molecule has 2 aromatic heterocycles. The zero-order valence-corrected chi connectivity index (χ0v) is 15.8. The zero-order valence-electron chi connectivity index (χ0n) is 15.8. The number of fused-ring (bicyclic) bond motifs is 1. The first-order valence-corrected chi connectivity index (χ1v) is 9.82. The van der Waals surface area contributed by atoms with Crippen molar-refractivity contribution in [2.45, 2.75) is 31.5 Å². The maximum absolute atomic E-state index is 12.9. The Morgan fingerprint density at radius 1 is 1.03 bits per heavy atom. The molecule has 9 heteroatoms. The summed E-state index contributed by atoms with van der Waals surface area (Å²) < 4.78 is 40.8. The monoisotopic (exact) mass is 402 g/mol. The number of alkyl halides is 3. The number of aromatic nitrogens is 4. The van der Waals surface area contributed by atoms with Gasteiger partial charge in [0.05, 0.1) is 5.56 Å². The van der Waals surface area contributed by atoms with Crippen LogP contribution in [-0.2, 0) is 12.7 Å². The molecule has 1 aliphatic heterocycles. The molecule has 0 bridgehead atoms. The number of piperazine rings is 1. The third kappa shape index (κ3) is 3.66. The van der Waals surface area contributed by atoms with Crippen LogP contribution in [0.4, 0.5) is 19.0 Å². The van der Waals surface area contributed by atoms with Crippen molar-refractivity contribution >= 4 is 11.5 Å². The lowest BCUT2D eigenvalue weighted by molar-refractivity contribution is -0.137. The van der Waals surface area contributed by atoms with Gasteiger partial charge >= 0.3 is 6.18 Å². The van der Waals surface area contributed by atoms with Gasteiger partial charge in [-0.25, -0.2) is 4.98 Å². The minimum absolute atomic E-state index is 0.504. The van der Waals surface area contributed by atoms with Crippen LogP contribution in [0.2, 0.25) is 0 Å². The number of nitrogens with zero attached hydrogens (tertiary/aromatic N) is 6. The first kappa shape index (κ1) is 18.4. The molecule has 0 unspecified atom stereocenters. The fraction of sp³-hybridized carbons (Fsp3) is 0.450. The molecule has 0 N–H and O–H groups in total. The summed E-state index contributed by atoms with van der Waals surface area (Å²) in [5.41, 5.74) is 0.864. The summed E-state index contributed by atoms with van der Waals surface area (Å²) in [5.74, 6) is 2.34. The van der Waals surface area contributed by atoms with E-state index >= 15 is 0 Å². The molecule has 5 rings (SSSR count). The fourth-order valence-corrected chi connectivity index (χ4v) is 3.90. The van der Waals surface area contributed by atoms with Crippen molar-refractivity contribution in [1.82, 2.24) is 24.5 Å². The molecule has 0 atom stereocenters. The highest BCUT2D eigenvalue weighted by Gasteiger charge is 2.31. The van der Waals surface area contributed by atoms with E-state index < -0.39 is 11.7 Å². The van der Waals surface area contributed by atoms with E-state index in [2.05, 4.69) is 25.0 Å². The molecule has 3 aromatic rings. The highest BCUT2D eigenvalue weighted by atomic mass is 19.4. The molecular weight excluding hydrogens is 381 g/mol. The normalized spacial score (nSPS) is 18.5. The lowest BCUT2D eigenvalue weighted by Crippen LogP contribution is -2.46. The summed E-state index contributed by atoms with van der Waals surface area (Å²) in [5, 5.41) is 8.72. The predicted octanol–water partition coefficient (Wildman–Crippen LogP) is 3.34. The van der Waals surface area contributed by atoms with Crippen LogP contribution in [0.5, 0.6) is 0 Å². The minimum Gasteiger partial charge on any atom is -0.351 e. The summed E-state index contributed by atoms with van der Waals surface area (Å²) in [7, 11) is 0. The Morgan fingerprint density at radius 3 is 2.55 bits per heavy atom. The maximum Gasteiger partial charge on any atom is 0.416 e. The summed E-state index contributed by atoms with van der Waals surface area (Å²) in [4.78, 5) is 8.89. The van der Waals surface area contributed by atoms with Gasteiger partial charge in [0.1, 0.15) is 5.82 Å². The second-order valence-corrected chi connectivity index (χ2v) is 7.74. The van der Waals surface area contributed by atoms with Crippen LogP contribution >= 0.6 is 0 Å². The van der Waals surface area contributed by atoms with E-state index in [-0.39, 0.29) is 0 Å². The third-order valence-corrected chi connectivity index (χ3v) is 5.61. The number of rotatable bonds is 4. The van der Waals surface area contributed by atoms with Crippen molar-refractivity contribution in [2.75, 3.05) is 31.1 Å². The third-order valence-electron chi connectivity index (χ3n) is 5.61. The van der Waals surface area contributed by atoms with Gasteiger partial charge in [-0.1, -0.05) is 18.2 Å². The van der Waals surface area contributed by atoms with Crippen molar-refractivity contribution in [1.29, 1.82) is 0 Å². The number of hydrogen-bond acceptors (Lipinski definition) is 5. The molecule has 3 heterocycles. The van der Waals surface area contributed by atoms with Gasteiger partial charge in [-0.2, -0.15) is 13.2 Å². The van der Waals surface area contributed by atoms with Crippen molar-refractivity contribution in [3.05, 3.63) is 53.6 Å². The second kappa shape index (κ2) is 6.98. The number of halogens is 3. The zero-order chi connectivity index (χ0) is 20.0. The molecule has 1 saturated carbocycles. The first-order chi connectivity index (χ1) is 14.0. The molecule has 0 spiro atoms. The Balaban J connectivity index is 1.27. The van der Waals surface area contributed by atoms with Gasteiger partial charge in [0, 0.05) is 51.0 Å². The predicted molar refractivity (Wildman–Crippen MR) is 102 cm³/mol. The Morgan fingerprint density at radius 2 is 1.83 bits per heavy atom. The highest BCUT2D eigenvalue weighted by molar-refractivity contribution is 5.64. The van der Waals surface area contributed by atoms with E-state index in [9.17, 15) is 13.2 Å². The molecule has 6 nitrogen and oxygen atoms in total. The standard InChI is InChI=1S/C20H21F3N6/c21-20(22,23)16-3-1-2-14(12-16)13-27-8-10-28(11-9-27)18-19-26-25-17(15-4-5-15)29(19)7-6-24-18/h1-3,6-7,12,15H,4-5,8-11,13H2. The average molecular weight is 402 g/mol. The van der Waals surface area contributed by atoms with Crippen LogP contribution in [-0.4, -0.2) is 50.7 Å². The Hall–Kier alpha value is -2.68. The Bertz CT molecular complexity index is 1020. The maximum atomic E-state index is 12.9. The van der Waals surface area contributed by atoms with Crippen LogP contribution in [0, 0.1) is 0 Å². The molecule has 2 fully saturated rings. The number of anilines is 1.